The van der Waals surface area contributed by atoms with Gasteiger partial charge in [-0.3, -0.25) is 4.79 Å². The lowest BCUT2D eigenvalue weighted by Gasteiger charge is -2.28. The molecule has 1 aliphatic rings. The summed E-state index contributed by atoms with van der Waals surface area (Å²) in [6, 6.07) is 13.5. The number of hydrogen-bond acceptors (Lipinski definition) is 3. The first-order valence-corrected chi connectivity index (χ1v) is 9.71. The van der Waals surface area contributed by atoms with Crippen molar-refractivity contribution in [1.29, 1.82) is 0 Å². The van der Waals surface area contributed by atoms with Gasteiger partial charge in [0, 0.05) is 43.1 Å². The second kappa shape index (κ2) is 9.15. The van der Waals surface area contributed by atoms with Crippen LogP contribution in [0.15, 0.2) is 42.5 Å². The predicted molar refractivity (Wildman–Crippen MR) is 111 cm³/mol. The first-order valence-electron chi connectivity index (χ1n) is 8.95. The van der Waals surface area contributed by atoms with Crippen LogP contribution in [-0.2, 0) is 4.79 Å². The fourth-order valence-electron chi connectivity index (χ4n) is 3.06. The van der Waals surface area contributed by atoms with Crippen molar-refractivity contribution in [3.05, 3.63) is 52.5 Å². The van der Waals surface area contributed by atoms with E-state index in [1.165, 1.54) is 24.9 Å². The van der Waals surface area contributed by atoms with Crippen molar-refractivity contribution in [2.45, 2.75) is 25.7 Å². The first kappa shape index (κ1) is 18.9. The Balaban J connectivity index is 1.43. The summed E-state index contributed by atoms with van der Waals surface area (Å²) < 4.78 is 0. The highest BCUT2D eigenvalue weighted by atomic mass is 35.5. The Morgan fingerprint density at radius 2 is 1.62 bits per heavy atom. The standard InChI is InChI=1S/C20H23Cl2N3O/c21-18-9-6-16(14-19(18)22)24-20(26)10-11-23-15-4-7-17(8-5-15)25-12-2-1-3-13-25/h4-9,14,23H,1-3,10-13H2,(H,24,26). The van der Waals surface area contributed by atoms with E-state index in [1.807, 2.05) is 0 Å². The van der Waals surface area contributed by atoms with E-state index in [2.05, 4.69) is 39.8 Å². The first-order chi connectivity index (χ1) is 12.6. The van der Waals surface area contributed by atoms with Gasteiger partial charge in [-0.1, -0.05) is 23.2 Å². The molecule has 2 aromatic carbocycles. The van der Waals surface area contributed by atoms with Crippen molar-refractivity contribution in [1.82, 2.24) is 0 Å². The highest BCUT2D eigenvalue weighted by Gasteiger charge is 2.10. The normalized spacial score (nSPS) is 14.2. The van der Waals surface area contributed by atoms with E-state index in [4.69, 9.17) is 23.2 Å². The van der Waals surface area contributed by atoms with Gasteiger partial charge in [-0.25, -0.2) is 0 Å². The van der Waals surface area contributed by atoms with Crippen LogP contribution in [0.4, 0.5) is 17.1 Å². The molecule has 0 spiro atoms. The molecule has 0 aliphatic carbocycles. The zero-order chi connectivity index (χ0) is 18.4. The maximum atomic E-state index is 12.0. The van der Waals surface area contributed by atoms with Crippen LogP contribution in [-0.4, -0.2) is 25.5 Å². The summed E-state index contributed by atoms with van der Waals surface area (Å²) >= 11 is 11.8. The van der Waals surface area contributed by atoms with E-state index in [-0.39, 0.29) is 5.91 Å². The molecule has 1 amide bonds. The fraction of sp³-hybridized carbons (Fsp3) is 0.350. The number of piperidine rings is 1. The van der Waals surface area contributed by atoms with E-state index < -0.39 is 0 Å². The Kier molecular flexibility index (Phi) is 6.64. The minimum absolute atomic E-state index is 0.0687. The number of nitrogens with zero attached hydrogens (tertiary/aromatic N) is 1. The van der Waals surface area contributed by atoms with Crippen LogP contribution < -0.4 is 15.5 Å². The topological polar surface area (TPSA) is 44.4 Å². The third kappa shape index (κ3) is 5.29. The predicted octanol–water partition coefficient (Wildman–Crippen LogP) is 5.42. The van der Waals surface area contributed by atoms with Crippen molar-refractivity contribution < 1.29 is 4.79 Å². The summed E-state index contributed by atoms with van der Waals surface area (Å²) in [6.45, 7) is 2.85. The molecule has 0 aromatic heterocycles. The summed E-state index contributed by atoms with van der Waals surface area (Å²) in [5.41, 5.74) is 2.94. The number of halogens is 2. The number of rotatable bonds is 6. The largest absolute Gasteiger partial charge is 0.385 e. The molecule has 0 saturated carbocycles. The Morgan fingerprint density at radius 1 is 0.923 bits per heavy atom. The SMILES string of the molecule is O=C(CCNc1ccc(N2CCCCC2)cc1)Nc1ccc(Cl)c(Cl)c1. The van der Waals surface area contributed by atoms with Crippen LogP contribution in [0.25, 0.3) is 0 Å². The Hall–Kier alpha value is -1.91. The molecule has 1 saturated heterocycles. The van der Waals surface area contributed by atoms with Gasteiger partial charge < -0.3 is 15.5 Å². The molecule has 0 radical (unpaired) electrons. The summed E-state index contributed by atoms with van der Waals surface area (Å²) in [6.07, 6.45) is 4.25. The molecule has 138 valence electrons. The van der Waals surface area contributed by atoms with Crippen LogP contribution in [0.3, 0.4) is 0 Å². The van der Waals surface area contributed by atoms with Crippen LogP contribution in [0.5, 0.6) is 0 Å². The minimum atomic E-state index is -0.0687. The lowest BCUT2D eigenvalue weighted by atomic mass is 10.1. The number of hydrogen-bond donors (Lipinski definition) is 2. The van der Waals surface area contributed by atoms with Crippen molar-refractivity contribution in [2.75, 3.05) is 35.2 Å². The zero-order valence-corrected chi connectivity index (χ0v) is 16.1. The van der Waals surface area contributed by atoms with Gasteiger partial charge in [0.25, 0.3) is 0 Å². The van der Waals surface area contributed by atoms with Crippen LogP contribution >= 0.6 is 23.2 Å². The smallest absolute Gasteiger partial charge is 0.226 e. The highest BCUT2D eigenvalue weighted by Crippen LogP contribution is 2.25. The number of nitrogens with one attached hydrogen (secondary N) is 2. The monoisotopic (exact) mass is 391 g/mol. The highest BCUT2D eigenvalue weighted by molar-refractivity contribution is 6.42. The minimum Gasteiger partial charge on any atom is -0.385 e. The van der Waals surface area contributed by atoms with Gasteiger partial charge in [-0.15, -0.1) is 0 Å². The fourth-order valence-corrected chi connectivity index (χ4v) is 3.36. The van der Waals surface area contributed by atoms with Gasteiger partial charge in [0.05, 0.1) is 10.0 Å². The number of carbonyl (C=O) groups is 1. The molecule has 1 aliphatic heterocycles. The molecule has 3 rings (SSSR count). The van der Waals surface area contributed by atoms with E-state index in [0.29, 0.717) is 28.7 Å². The summed E-state index contributed by atoms with van der Waals surface area (Å²) in [5.74, 6) is -0.0687. The van der Waals surface area contributed by atoms with Crippen molar-refractivity contribution in [2.24, 2.45) is 0 Å². The quantitative estimate of drug-likeness (QED) is 0.690. The maximum absolute atomic E-state index is 12.0. The molecule has 0 unspecified atom stereocenters. The molecule has 2 N–H and O–H groups in total. The van der Waals surface area contributed by atoms with E-state index >= 15 is 0 Å². The molecule has 4 nitrogen and oxygen atoms in total. The van der Waals surface area contributed by atoms with Gasteiger partial charge in [0.15, 0.2) is 0 Å². The van der Waals surface area contributed by atoms with Crippen molar-refractivity contribution in [3.8, 4) is 0 Å². The lowest BCUT2D eigenvalue weighted by Crippen LogP contribution is -2.29. The third-order valence-electron chi connectivity index (χ3n) is 4.47. The van der Waals surface area contributed by atoms with Gasteiger partial charge in [0.1, 0.15) is 0 Å². The van der Waals surface area contributed by atoms with Crippen LogP contribution in [0.1, 0.15) is 25.7 Å². The third-order valence-corrected chi connectivity index (χ3v) is 5.21. The average Bonchev–Trinajstić information content (AvgIpc) is 2.66. The number of carbonyl (C=O) groups excluding carboxylic acids is 1. The van der Waals surface area contributed by atoms with Crippen molar-refractivity contribution in [3.63, 3.8) is 0 Å². The van der Waals surface area contributed by atoms with Gasteiger partial charge in [-0.2, -0.15) is 0 Å². The molecular weight excluding hydrogens is 369 g/mol. The Labute approximate surface area is 164 Å². The molecule has 1 fully saturated rings. The van der Waals surface area contributed by atoms with E-state index in [1.54, 1.807) is 18.2 Å². The second-order valence-electron chi connectivity index (χ2n) is 6.45. The summed E-state index contributed by atoms with van der Waals surface area (Å²) in [5, 5.41) is 7.00. The average molecular weight is 392 g/mol. The molecule has 2 aromatic rings. The van der Waals surface area contributed by atoms with Gasteiger partial charge in [0.2, 0.25) is 5.91 Å². The van der Waals surface area contributed by atoms with Crippen molar-refractivity contribution >= 4 is 46.2 Å². The van der Waals surface area contributed by atoms with Crippen LogP contribution in [0.2, 0.25) is 10.0 Å². The molecule has 0 atom stereocenters. The lowest BCUT2D eigenvalue weighted by molar-refractivity contribution is -0.115. The maximum Gasteiger partial charge on any atom is 0.226 e. The summed E-state index contributed by atoms with van der Waals surface area (Å²) in [7, 11) is 0. The molecule has 26 heavy (non-hydrogen) atoms. The Bertz CT molecular complexity index is 743. The molecular formula is C20H23Cl2N3O. The zero-order valence-electron chi connectivity index (χ0n) is 14.6. The molecule has 6 heteroatoms. The number of benzene rings is 2. The second-order valence-corrected chi connectivity index (χ2v) is 7.26. The number of anilines is 3. The molecule has 1 heterocycles. The summed E-state index contributed by atoms with van der Waals surface area (Å²) in [4.78, 5) is 14.5. The Morgan fingerprint density at radius 3 is 2.31 bits per heavy atom. The number of amides is 1. The van der Waals surface area contributed by atoms with E-state index in [0.717, 1.165) is 18.8 Å². The van der Waals surface area contributed by atoms with Crippen LogP contribution in [0, 0.1) is 0 Å². The van der Waals surface area contributed by atoms with Gasteiger partial charge in [-0.05, 0) is 61.7 Å². The molecule has 0 bridgehead atoms. The van der Waals surface area contributed by atoms with E-state index in [9.17, 15) is 4.79 Å². The van der Waals surface area contributed by atoms with Gasteiger partial charge >= 0.3 is 0 Å².